The van der Waals surface area contributed by atoms with E-state index in [9.17, 15) is 14.7 Å². The summed E-state index contributed by atoms with van der Waals surface area (Å²) >= 11 is 0. The Kier molecular flexibility index (Phi) is 24.3. The van der Waals surface area contributed by atoms with Gasteiger partial charge in [0.1, 0.15) is 0 Å². The van der Waals surface area contributed by atoms with Gasteiger partial charge >= 0.3 is 5.97 Å². The molecule has 0 unspecified atom stereocenters. The number of aliphatic hydroxyl groups is 5. The van der Waals surface area contributed by atoms with E-state index in [2.05, 4.69) is 10.6 Å². The van der Waals surface area contributed by atoms with Crippen molar-refractivity contribution in [3.05, 3.63) is 0 Å². The number of carboxylic acids is 1. The first kappa shape index (κ1) is 33.8. The van der Waals surface area contributed by atoms with Crippen molar-refractivity contribution < 1.29 is 49.7 Å². The lowest BCUT2D eigenvalue weighted by Crippen LogP contribution is -2.45. The van der Waals surface area contributed by atoms with Crippen molar-refractivity contribution in [3.63, 3.8) is 0 Å². The van der Waals surface area contributed by atoms with E-state index >= 15 is 0 Å². The lowest BCUT2D eigenvalue weighted by molar-refractivity contribution is -0.137. The van der Waals surface area contributed by atoms with Gasteiger partial charge < -0.3 is 50.7 Å². The highest BCUT2D eigenvalue weighted by Gasteiger charge is 2.30. The second-order valence-corrected chi connectivity index (χ2v) is 7.96. The molecule has 0 fully saturated rings. The third-order valence-electron chi connectivity index (χ3n) is 4.74. The first-order valence-electron chi connectivity index (χ1n) is 11.1. The summed E-state index contributed by atoms with van der Waals surface area (Å²) < 4.78 is 11.0. The van der Waals surface area contributed by atoms with Gasteiger partial charge in [0, 0.05) is 31.3 Å². The van der Waals surface area contributed by atoms with Crippen molar-refractivity contribution in [2.45, 2.75) is 25.7 Å². The minimum absolute atomic E-state index is 0.167. The molecule has 12 heteroatoms. The first-order chi connectivity index (χ1) is 15.9. The van der Waals surface area contributed by atoms with E-state index < -0.39 is 11.4 Å². The van der Waals surface area contributed by atoms with Crippen molar-refractivity contribution >= 4 is 12.4 Å². The van der Waals surface area contributed by atoms with Gasteiger partial charge in [-0.05, 0) is 19.9 Å². The average molecular weight is 485 g/mol. The molecule has 1 amide bonds. The predicted molar refractivity (Wildman–Crippen MR) is 121 cm³/mol. The number of amides is 1. The molecule has 0 atom stereocenters. The summed E-state index contributed by atoms with van der Waals surface area (Å²) in [5.41, 5.74) is -0.667. The fraction of sp³-hybridized carbons (Fsp3) is 0.905. The smallest absolute Gasteiger partial charge is 0.303 e. The number of aliphatic hydroxyl groups excluding tert-OH is 5. The number of rotatable bonds is 22. The Labute approximate surface area is 195 Å². The van der Waals surface area contributed by atoms with Crippen LogP contribution in [0.2, 0.25) is 0 Å². The second-order valence-electron chi connectivity index (χ2n) is 7.96. The van der Waals surface area contributed by atoms with Crippen LogP contribution < -0.4 is 10.6 Å². The van der Waals surface area contributed by atoms with E-state index in [1.165, 1.54) is 0 Å². The van der Waals surface area contributed by atoms with Gasteiger partial charge in [-0.2, -0.15) is 0 Å². The number of aliphatic carboxylic acids is 1. The number of hydrogen-bond donors (Lipinski definition) is 8. The Morgan fingerprint density at radius 2 is 1.42 bits per heavy atom. The summed E-state index contributed by atoms with van der Waals surface area (Å²) in [7, 11) is 1.75. The van der Waals surface area contributed by atoms with Gasteiger partial charge in [0.2, 0.25) is 6.41 Å². The van der Waals surface area contributed by atoms with Gasteiger partial charge in [-0.1, -0.05) is 6.42 Å². The van der Waals surface area contributed by atoms with Gasteiger partial charge in [0.05, 0.1) is 64.9 Å². The van der Waals surface area contributed by atoms with Crippen LogP contribution in [-0.2, 0) is 19.1 Å². The monoisotopic (exact) mass is 484 g/mol. The lowest BCUT2D eigenvalue weighted by Gasteiger charge is -2.32. The van der Waals surface area contributed by atoms with Crippen LogP contribution >= 0.6 is 0 Å². The molecule has 0 saturated carbocycles. The molecule has 0 radical (unpaired) electrons. The molecule has 0 aromatic carbocycles. The normalized spacial score (nSPS) is 11.4. The number of unbranched alkanes of at least 4 members (excludes halogenated alkanes) is 2. The van der Waals surface area contributed by atoms with Crippen LogP contribution in [0.3, 0.4) is 0 Å². The molecule has 0 rings (SSSR count). The molecule has 0 saturated heterocycles. The number of carbonyl (C=O) groups is 2. The molecule has 33 heavy (non-hydrogen) atoms. The highest BCUT2D eigenvalue weighted by atomic mass is 16.5. The molecule has 0 aliphatic heterocycles. The minimum Gasteiger partial charge on any atom is -0.481 e. The minimum atomic E-state index is -0.756. The van der Waals surface area contributed by atoms with Crippen LogP contribution in [-0.4, -0.2) is 123 Å². The summed E-state index contributed by atoms with van der Waals surface area (Å²) in [6.45, 7) is 1.04. The Bertz CT molecular complexity index is 431. The fourth-order valence-corrected chi connectivity index (χ4v) is 2.62. The number of nitrogens with one attached hydrogen (secondary N) is 2. The molecule has 0 aromatic heterocycles. The number of hydrogen-bond acceptors (Lipinski definition) is 10. The summed E-state index contributed by atoms with van der Waals surface area (Å²) in [5.74, 6) is -1.45. The lowest BCUT2D eigenvalue weighted by atomic mass is 9.91. The molecular formula is C21H44N2O10. The predicted octanol–water partition coefficient (Wildman–Crippen LogP) is -2.20. The van der Waals surface area contributed by atoms with Crippen LogP contribution in [0.25, 0.3) is 0 Å². The molecule has 0 aliphatic carbocycles. The third-order valence-corrected chi connectivity index (χ3v) is 4.74. The van der Waals surface area contributed by atoms with Crippen LogP contribution in [0.5, 0.6) is 0 Å². The SMILES string of the molecule is CNCC(CO)(COCC(CO)CO)COCC(CO)CO.O=CNCCCCCC(=O)O. The van der Waals surface area contributed by atoms with E-state index in [1.54, 1.807) is 7.05 Å². The van der Waals surface area contributed by atoms with Crippen molar-refractivity contribution in [2.75, 3.05) is 79.6 Å². The maximum atomic E-state index is 10.0. The van der Waals surface area contributed by atoms with Crippen LogP contribution in [0.15, 0.2) is 0 Å². The van der Waals surface area contributed by atoms with Gasteiger partial charge in [-0.25, -0.2) is 0 Å². The summed E-state index contributed by atoms with van der Waals surface area (Å²) in [5, 5.41) is 59.4. The molecule has 0 spiro atoms. The van der Waals surface area contributed by atoms with E-state index in [-0.39, 0.29) is 77.7 Å². The van der Waals surface area contributed by atoms with Crippen LogP contribution in [0, 0.1) is 17.3 Å². The zero-order chi connectivity index (χ0) is 25.4. The summed E-state index contributed by atoms with van der Waals surface area (Å²) in [6, 6.07) is 0. The molecule has 0 aliphatic rings. The first-order valence-corrected chi connectivity index (χ1v) is 11.1. The quantitative estimate of drug-likeness (QED) is 0.0612. The Hall–Kier alpha value is -1.38. The molecule has 12 nitrogen and oxygen atoms in total. The van der Waals surface area contributed by atoms with E-state index in [0.29, 0.717) is 25.9 Å². The Morgan fingerprint density at radius 1 is 0.909 bits per heavy atom. The van der Waals surface area contributed by atoms with E-state index in [4.69, 9.17) is 35.0 Å². The molecule has 8 N–H and O–H groups in total. The second kappa shape index (κ2) is 23.8. The average Bonchev–Trinajstić information content (AvgIpc) is 2.82. The molecule has 0 bridgehead atoms. The fourth-order valence-electron chi connectivity index (χ4n) is 2.62. The van der Waals surface area contributed by atoms with Crippen LogP contribution in [0.4, 0.5) is 0 Å². The zero-order valence-corrected chi connectivity index (χ0v) is 19.7. The summed E-state index contributed by atoms with van der Waals surface area (Å²) in [4.78, 5) is 19.8. The van der Waals surface area contributed by atoms with Crippen molar-refractivity contribution in [2.24, 2.45) is 17.3 Å². The Balaban J connectivity index is 0. The van der Waals surface area contributed by atoms with Crippen molar-refractivity contribution in [3.8, 4) is 0 Å². The molecular weight excluding hydrogens is 440 g/mol. The largest absolute Gasteiger partial charge is 0.481 e. The van der Waals surface area contributed by atoms with Crippen molar-refractivity contribution in [1.29, 1.82) is 0 Å². The zero-order valence-electron chi connectivity index (χ0n) is 19.7. The maximum absolute atomic E-state index is 10.0. The standard InChI is InChI=1S/C14H31NO7.C7H13NO3/c1-15-8-14(9-20,10-21-6-12(2-16)3-17)11-22-7-13(4-18)5-19;9-6-8-5-3-1-2-4-7(10)11/h12-13,15-20H,2-11H2,1H3;6H,1-5H2,(H,8,9)(H,10,11). The van der Waals surface area contributed by atoms with Gasteiger partial charge in [0.15, 0.2) is 0 Å². The van der Waals surface area contributed by atoms with Crippen molar-refractivity contribution in [1.82, 2.24) is 10.6 Å². The highest BCUT2D eigenvalue weighted by Crippen LogP contribution is 2.18. The number of ether oxygens (including phenoxy) is 2. The maximum Gasteiger partial charge on any atom is 0.303 e. The third kappa shape index (κ3) is 19.8. The molecule has 0 aromatic rings. The number of carbonyl (C=O) groups excluding carboxylic acids is 1. The highest BCUT2D eigenvalue weighted by molar-refractivity contribution is 5.66. The number of carboxylic acid groups (broad SMARTS) is 1. The van der Waals surface area contributed by atoms with Crippen LogP contribution in [0.1, 0.15) is 25.7 Å². The molecule has 0 heterocycles. The Morgan fingerprint density at radius 3 is 1.79 bits per heavy atom. The van der Waals surface area contributed by atoms with Gasteiger partial charge in [-0.3, -0.25) is 9.59 Å². The summed E-state index contributed by atoms with van der Waals surface area (Å²) in [6.07, 6.45) is 3.27. The topological polar surface area (TPSA) is 198 Å². The molecule has 198 valence electrons. The van der Waals surface area contributed by atoms with Gasteiger partial charge in [0.25, 0.3) is 0 Å². The van der Waals surface area contributed by atoms with Gasteiger partial charge in [-0.15, -0.1) is 0 Å². The van der Waals surface area contributed by atoms with E-state index in [1.807, 2.05) is 0 Å². The van der Waals surface area contributed by atoms with E-state index in [0.717, 1.165) is 12.8 Å².